The summed E-state index contributed by atoms with van der Waals surface area (Å²) in [4.78, 5) is 23.3. The molecule has 1 aliphatic heterocycles. The molecule has 0 aromatic carbocycles. The molecule has 2 atom stereocenters. The Labute approximate surface area is 113 Å². The summed E-state index contributed by atoms with van der Waals surface area (Å²) in [6, 6.07) is 0. The Bertz CT molecular complexity index is 349. The van der Waals surface area contributed by atoms with Crippen molar-refractivity contribution in [2.24, 2.45) is 5.92 Å². The first-order valence-corrected chi connectivity index (χ1v) is 7.16. The number of carboxylic acids is 1. The van der Waals surface area contributed by atoms with E-state index in [1.807, 2.05) is 6.92 Å². The largest absolute Gasteiger partial charge is 0.481 e. The van der Waals surface area contributed by atoms with Crippen LogP contribution in [0.1, 0.15) is 51.9 Å². The van der Waals surface area contributed by atoms with Gasteiger partial charge >= 0.3 is 5.97 Å². The van der Waals surface area contributed by atoms with Gasteiger partial charge in [-0.2, -0.15) is 0 Å². The maximum absolute atomic E-state index is 12.3. The van der Waals surface area contributed by atoms with E-state index >= 15 is 0 Å². The van der Waals surface area contributed by atoms with E-state index in [1.165, 1.54) is 0 Å². The Kier molecular flexibility index (Phi) is 4.45. The van der Waals surface area contributed by atoms with Crippen molar-refractivity contribution < 1.29 is 19.4 Å². The molecule has 0 bridgehead atoms. The van der Waals surface area contributed by atoms with Gasteiger partial charge in [-0.25, -0.2) is 0 Å². The highest BCUT2D eigenvalue weighted by molar-refractivity contribution is 5.80. The van der Waals surface area contributed by atoms with Crippen molar-refractivity contribution in [3.8, 4) is 0 Å². The zero-order valence-electron chi connectivity index (χ0n) is 11.5. The third-order valence-corrected chi connectivity index (χ3v) is 4.29. The molecule has 108 valence electrons. The number of ether oxygens (including phenoxy) is 1. The van der Waals surface area contributed by atoms with Crippen molar-refractivity contribution in [3.05, 3.63) is 0 Å². The van der Waals surface area contributed by atoms with Gasteiger partial charge in [0, 0.05) is 12.5 Å². The lowest BCUT2D eigenvalue weighted by Crippen LogP contribution is -2.51. The monoisotopic (exact) mass is 269 g/mol. The fraction of sp³-hybridized carbons (Fsp3) is 0.857. The maximum Gasteiger partial charge on any atom is 0.305 e. The molecule has 1 aliphatic carbocycles. The van der Waals surface area contributed by atoms with Crippen molar-refractivity contribution in [1.82, 2.24) is 5.32 Å². The standard InChI is InChI=1S/C14H23NO4/c1-10-8-11(4-7-19-10)13(18)15-14(9-12(16)17)5-2-3-6-14/h10-11H,2-9H2,1H3,(H,15,18)(H,16,17). The molecule has 2 rings (SSSR count). The van der Waals surface area contributed by atoms with Gasteiger partial charge in [-0.3, -0.25) is 9.59 Å². The van der Waals surface area contributed by atoms with E-state index in [0.29, 0.717) is 6.61 Å². The number of aliphatic carboxylic acids is 1. The van der Waals surface area contributed by atoms with E-state index in [9.17, 15) is 9.59 Å². The third kappa shape index (κ3) is 3.69. The van der Waals surface area contributed by atoms with Crippen LogP contribution < -0.4 is 5.32 Å². The normalized spacial score (nSPS) is 29.9. The molecule has 0 aromatic rings. The van der Waals surface area contributed by atoms with Gasteiger partial charge < -0.3 is 15.2 Å². The SMILES string of the molecule is CC1CC(C(=O)NC2(CC(=O)O)CCCC2)CCO1. The minimum Gasteiger partial charge on any atom is -0.481 e. The molecule has 0 aromatic heterocycles. The van der Waals surface area contributed by atoms with Crippen LogP contribution in [0.25, 0.3) is 0 Å². The molecule has 2 fully saturated rings. The van der Waals surface area contributed by atoms with Gasteiger partial charge in [-0.15, -0.1) is 0 Å². The van der Waals surface area contributed by atoms with Crippen molar-refractivity contribution in [2.75, 3.05) is 6.61 Å². The van der Waals surface area contributed by atoms with Crippen LogP contribution in [0.5, 0.6) is 0 Å². The lowest BCUT2D eigenvalue weighted by molar-refractivity contribution is -0.140. The Morgan fingerprint density at radius 2 is 2.05 bits per heavy atom. The Hall–Kier alpha value is -1.10. The van der Waals surface area contributed by atoms with Crippen LogP contribution in [-0.4, -0.2) is 35.2 Å². The number of hydrogen-bond acceptors (Lipinski definition) is 3. The second-order valence-electron chi connectivity index (χ2n) is 5.95. The Balaban J connectivity index is 1.96. The van der Waals surface area contributed by atoms with E-state index < -0.39 is 11.5 Å². The number of nitrogens with one attached hydrogen (secondary N) is 1. The Morgan fingerprint density at radius 3 is 2.63 bits per heavy atom. The molecule has 1 amide bonds. The third-order valence-electron chi connectivity index (χ3n) is 4.29. The molecule has 19 heavy (non-hydrogen) atoms. The van der Waals surface area contributed by atoms with Gasteiger partial charge in [-0.05, 0) is 32.6 Å². The molecule has 1 heterocycles. The second-order valence-corrected chi connectivity index (χ2v) is 5.95. The predicted molar refractivity (Wildman–Crippen MR) is 69.7 cm³/mol. The lowest BCUT2D eigenvalue weighted by Gasteiger charge is -2.33. The quantitative estimate of drug-likeness (QED) is 0.814. The summed E-state index contributed by atoms with van der Waals surface area (Å²) in [6.07, 6.45) is 5.18. The van der Waals surface area contributed by atoms with E-state index in [4.69, 9.17) is 9.84 Å². The molecule has 5 nitrogen and oxygen atoms in total. The molecule has 1 saturated carbocycles. The smallest absolute Gasteiger partial charge is 0.305 e. The molecule has 2 unspecified atom stereocenters. The van der Waals surface area contributed by atoms with Gasteiger partial charge in [0.05, 0.1) is 18.1 Å². The fourth-order valence-electron chi connectivity index (χ4n) is 3.29. The van der Waals surface area contributed by atoms with Crippen molar-refractivity contribution in [2.45, 2.75) is 63.5 Å². The molecular weight excluding hydrogens is 246 g/mol. The molecular formula is C14H23NO4. The van der Waals surface area contributed by atoms with Crippen LogP contribution >= 0.6 is 0 Å². The highest BCUT2D eigenvalue weighted by Crippen LogP contribution is 2.33. The number of carbonyl (C=O) groups excluding carboxylic acids is 1. The number of rotatable bonds is 4. The van der Waals surface area contributed by atoms with Crippen molar-refractivity contribution >= 4 is 11.9 Å². The summed E-state index contributed by atoms with van der Waals surface area (Å²) in [5, 5.41) is 12.1. The van der Waals surface area contributed by atoms with E-state index in [1.54, 1.807) is 0 Å². The average Bonchev–Trinajstić information content (AvgIpc) is 2.76. The van der Waals surface area contributed by atoms with Gasteiger partial charge in [0.15, 0.2) is 0 Å². The molecule has 0 spiro atoms. The fourth-order valence-corrected chi connectivity index (χ4v) is 3.29. The maximum atomic E-state index is 12.3. The highest BCUT2D eigenvalue weighted by atomic mass is 16.5. The lowest BCUT2D eigenvalue weighted by atomic mass is 9.89. The first kappa shape index (κ1) is 14.3. The van der Waals surface area contributed by atoms with E-state index in [0.717, 1.165) is 38.5 Å². The summed E-state index contributed by atoms with van der Waals surface area (Å²) >= 11 is 0. The minimum absolute atomic E-state index is 0.0123. The van der Waals surface area contributed by atoms with Crippen LogP contribution in [0.2, 0.25) is 0 Å². The molecule has 2 aliphatic rings. The van der Waals surface area contributed by atoms with Crippen molar-refractivity contribution in [1.29, 1.82) is 0 Å². The van der Waals surface area contributed by atoms with Crippen LogP contribution in [0, 0.1) is 5.92 Å². The van der Waals surface area contributed by atoms with Gasteiger partial charge in [0.1, 0.15) is 0 Å². The van der Waals surface area contributed by atoms with Gasteiger partial charge in [0.25, 0.3) is 0 Å². The van der Waals surface area contributed by atoms with E-state index in [-0.39, 0.29) is 24.3 Å². The summed E-state index contributed by atoms with van der Waals surface area (Å²) in [7, 11) is 0. The molecule has 1 saturated heterocycles. The first-order chi connectivity index (χ1) is 9.01. The first-order valence-electron chi connectivity index (χ1n) is 7.16. The number of carbonyl (C=O) groups is 2. The summed E-state index contributed by atoms with van der Waals surface area (Å²) in [6.45, 7) is 2.59. The Morgan fingerprint density at radius 1 is 1.37 bits per heavy atom. The summed E-state index contributed by atoms with van der Waals surface area (Å²) in [5.74, 6) is -0.851. The van der Waals surface area contributed by atoms with Crippen LogP contribution in [0.3, 0.4) is 0 Å². The minimum atomic E-state index is -0.831. The summed E-state index contributed by atoms with van der Waals surface area (Å²) in [5.41, 5.74) is -0.509. The van der Waals surface area contributed by atoms with E-state index in [2.05, 4.69) is 5.32 Å². The van der Waals surface area contributed by atoms with Gasteiger partial charge in [0.2, 0.25) is 5.91 Å². The molecule has 5 heteroatoms. The predicted octanol–water partition coefficient (Wildman–Crippen LogP) is 1.71. The average molecular weight is 269 g/mol. The topological polar surface area (TPSA) is 75.6 Å². The van der Waals surface area contributed by atoms with Gasteiger partial charge in [-0.1, -0.05) is 12.8 Å². The highest BCUT2D eigenvalue weighted by Gasteiger charge is 2.39. The molecule has 0 radical (unpaired) electrons. The number of hydrogen-bond donors (Lipinski definition) is 2. The van der Waals surface area contributed by atoms with Crippen LogP contribution in [-0.2, 0) is 14.3 Å². The van der Waals surface area contributed by atoms with Crippen molar-refractivity contribution in [3.63, 3.8) is 0 Å². The zero-order chi connectivity index (χ0) is 13.9. The summed E-state index contributed by atoms with van der Waals surface area (Å²) < 4.78 is 5.44. The molecule has 2 N–H and O–H groups in total. The van der Waals surface area contributed by atoms with Crippen LogP contribution in [0.15, 0.2) is 0 Å². The second kappa shape index (κ2) is 5.90. The van der Waals surface area contributed by atoms with Crippen LogP contribution in [0.4, 0.5) is 0 Å². The zero-order valence-corrected chi connectivity index (χ0v) is 11.5. The number of carboxylic acid groups (broad SMARTS) is 1. The number of amides is 1.